The lowest BCUT2D eigenvalue weighted by Gasteiger charge is -2.34. The lowest BCUT2D eigenvalue weighted by molar-refractivity contribution is 0.171. The summed E-state index contributed by atoms with van der Waals surface area (Å²) in [5.74, 6) is 2.13. The predicted molar refractivity (Wildman–Crippen MR) is 116 cm³/mol. The van der Waals surface area contributed by atoms with Crippen molar-refractivity contribution in [3.63, 3.8) is 0 Å². The van der Waals surface area contributed by atoms with E-state index in [1.165, 1.54) is 24.8 Å². The maximum Gasteiger partial charge on any atom is 0.317 e. The fraction of sp³-hybridized carbons (Fsp3) is 0.591. The van der Waals surface area contributed by atoms with Crippen molar-refractivity contribution in [3.05, 3.63) is 41.7 Å². The van der Waals surface area contributed by atoms with Crippen molar-refractivity contribution in [2.24, 2.45) is 7.05 Å². The fourth-order valence-corrected chi connectivity index (χ4v) is 5.29. The normalized spacial score (nSPS) is 20.6. The van der Waals surface area contributed by atoms with Crippen molar-refractivity contribution in [2.45, 2.75) is 67.8 Å². The summed E-state index contributed by atoms with van der Waals surface area (Å²) in [5, 5.41) is 13.1. The van der Waals surface area contributed by atoms with Crippen LogP contribution >= 0.6 is 11.8 Å². The van der Waals surface area contributed by atoms with E-state index in [2.05, 4.69) is 44.3 Å². The van der Waals surface area contributed by atoms with Crippen molar-refractivity contribution in [2.75, 3.05) is 13.1 Å². The summed E-state index contributed by atoms with van der Waals surface area (Å²) in [7, 11) is 2.05. The van der Waals surface area contributed by atoms with Gasteiger partial charge in [-0.05, 0) is 31.2 Å². The van der Waals surface area contributed by atoms with Gasteiger partial charge in [-0.25, -0.2) is 4.79 Å². The number of nitrogens with one attached hydrogen (secondary N) is 1. The Morgan fingerprint density at radius 2 is 1.90 bits per heavy atom. The number of hydrogen-bond acceptors (Lipinski definition) is 4. The first-order valence-corrected chi connectivity index (χ1v) is 11.8. The Bertz CT molecular complexity index is 803. The smallest absolute Gasteiger partial charge is 0.317 e. The Morgan fingerprint density at radius 3 is 2.69 bits per heavy atom. The van der Waals surface area contributed by atoms with Gasteiger partial charge in [0, 0.05) is 37.8 Å². The van der Waals surface area contributed by atoms with Gasteiger partial charge in [-0.1, -0.05) is 61.4 Å². The third-order valence-corrected chi connectivity index (χ3v) is 7.18. The number of carbonyl (C=O) groups is 1. The molecule has 7 heteroatoms. The highest BCUT2D eigenvalue weighted by Crippen LogP contribution is 2.29. The van der Waals surface area contributed by atoms with E-state index in [9.17, 15) is 4.79 Å². The molecule has 0 spiro atoms. The van der Waals surface area contributed by atoms with Crippen molar-refractivity contribution < 1.29 is 4.79 Å². The van der Waals surface area contributed by atoms with E-state index in [4.69, 9.17) is 0 Å². The van der Waals surface area contributed by atoms with Crippen molar-refractivity contribution in [1.82, 2.24) is 25.0 Å². The summed E-state index contributed by atoms with van der Waals surface area (Å²) in [6.45, 7) is 1.57. The average molecular weight is 414 g/mol. The number of likely N-dealkylation sites (tertiary alicyclic amines) is 1. The molecule has 1 N–H and O–H groups in total. The molecule has 0 unspecified atom stereocenters. The molecule has 6 nitrogen and oxygen atoms in total. The Labute approximate surface area is 177 Å². The van der Waals surface area contributed by atoms with Gasteiger partial charge in [0.1, 0.15) is 5.82 Å². The third kappa shape index (κ3) is 5.13. The number of benzene rings is 1. The minimum Gasteiger partial charge on any atom is -0.335 e. The van der Waals surface area contributed by atoms with Crippen LogP contribution < -0.4 is 5.32 Å². The molecule has 1 aromatic carbocycles. The Morgan fingerprint density at radius 1 is 1.10 bits per heavy atom. The monoisotopic (exact) mass is 413 g/mol. The molecule has 1 atom stereocenters. The van der Waals surface area contributed by atoms with E-state index >= 15 is 0 Å². The zero-order valence-electron chi connectivity index (χ0n) is 17.2. The van der Waals surface area contributed by atoms with Crippen LogP contribution in [-0.2, 0) is 12.8 Å². The molecule has 2 amide bonds. The molecule has 0 bridgehead atoms. The molecular weight excluding hydrogens is 382 g/mol. The van der Waals surface area contributed by atoms with Gasteiger partial charge >= 0.3 is 6.03 Å². The molecule has 2 aliphatic rings. The van der Waals surface area contributed by atoms with E-state index in [0.29, 0.717) is 6.04 Å². The number of hydrogen-bond donors (Lipinski definition) is 1. The van der Waals surface area contributed by atoms with Crippen LogP contribution in [0.15, 0.2) is 35.5 Å². The second kappa shape index (κ2) is 9.65. The molecule has 1 aliphatic heterocycles. The molecule has 0 radical (unpaired) electrons. The molecule has 2 aromatic rings. The number of amides is 2. The zero-order valence-corrected chi connectivity index (χ0v) is 18.0. The van der Waals surface area contributed by atoms with Gasteiger partial charge in [0.15, 0.2) is 5.16 Å². The minimum atomic E-state index is 0.0995. The van der Waals surface area contributed by atoms with E-state index in [1.54, 1.807) is 11.8 Å². The summed E-state index contributed by atoms with van der Waals surface area (Å²) >= 11 is 1.71. The summed E-state index contributed by atoms with van der Waals surface area (Å²) < 4.78 is 2.11. The van der Waals surface area contributed by atoms with Gasteiger partial charge in [0.2, 0.25) is 0 Å². The molecule has 1 aliphatic carbocycles. The van der Waals surface area contributed by atoms with Crippen LogP contribution in [0.25, 0.3) is 0 Å². The summed E-state index contributed by atoms with van der Waals surface area (Å²) in [4.78, 5) is 14.7. The number of carbonyl (C=O) groups excluding carboxylic acids is 1. The highest BCUT2D eigenvalue weighted by Gasteiger charge is 2.29. The summed E-state index contributed by atoms with van der Waals surface area (Å²) in [6.07, 6.45) is 8.08. The van der Waals surface area contributed by atoms with Crippen molar-refractivity contribution in [1.29, 1.82) is 0 Å². The molecular formula is C22H31N5OS. The number of nitrogens with zero attached hydrogens (tertiary/aromatic N) is 4. The van der Waals surface area contributed by atoms with E-state index < -0.39 is 0 Å². The lowest BCUT2D eigenvalue weighted by Crippen LogP contribution is -2.48. The third-order valence-electron chi connectivity index (χ3n) is 6.09. The van der Waals surface area contributed by atoms with Crippen LogP contribution in [-0.4, -0.2) is 44.8 Å². The topological polar surface area (TPSA) is 63.1 Å². The van der Waals surface area contributed by atoms with Crippen molar-refractivity contribution in [3.8, 4) is 0 Å². The lowest BCUT2D eigenvalue weighted by atomic mass is 9.95. The first-order chi connectivity index (χ1) is 14.2. The highest BCUT2D eigenvalue weighted by atomic mass is 32.2. The minimum absolute atomic E-state index is 0.0995. The van der Waals surface area contributed by atoms with E-state index in [0.717, 1.165) is 55.5 Å². The van der Waals surface area contributed by atoms with E-state index in [-0.39, 0.29) is 11.9 Å². The standard InChI is InChI=1S/C22H31N5OS/c1-26-20(24-25-22(26)29-16-17-9-4-2-5-10-17)18-11-8-14-27(15-18)21(28)23-19-12-6-3-7-13-19/h2,4-5,9-10,18-19H,3,6-8,11-16H2,1H3,(H,23,28)/t18-/m0/s1. The maximum atomic E-state index is 12.8. The Hall–Kier alpha value is -2.02. The number of rotatable bonds is 5. The van der Waals surface area contributed by atoms with Crippen LogP contribution in [0.1, 0.15) is 62.3 Å². The van der Waals surface area contributed by atoms with Crippen LogP contribution in [0.5, 0.6) is 0 Å². The van der Waals surface area contributed by atoms with Crippen LogP contribution in [0, 0.1) is 0 Å². The molecule has 2 heterocycles. The summed E-state index contributed by atoms with van der Waals surface area (Å²) in [5.41, 5.74) is 1.28. The van der Waals surface area contributed by atoms with Gasteiger partial charge in [-0.3, -0.25) is 0 Å². The van der Waals surface area contributed by atoms with Crippen molar-refractivity contribution >= 4 is 17.8 Å². The number of aromatic nitrogens is 3. The predicted octanol–water partition coefficient (Wildman–Crippen LogP) is 4.33. The molecule has 2 fully saturated rings. The first kappa shape index (κ1) is 20.3. The molecule has 156 valence electrons. The molecule has 1 saturated heterocycles. The van der Waals surface area contributed by atoms with Gasteiger partial charge < -0.3 is 14.8 Å². The number of thioether (sulfide) groups is 1. The zero-order chi connectivity index (χ0) is 20.1. The van der Waals surface area contributed by atoms with Crippen LogP contribution in [0.3, 0.4) is 0 Å². The SMILES string of the molecule is Cn1c(SCc2ccccc2)nnc1[C@H]1CCCN(C(=O)NC2CCCCC2)C1. The Balaban J connectivity index is 1.35. The Kier molecular flexibility index (Phi) is 6.74. The fourth-order valence-electron chi connectivity index (χ4n) is 4.41. The quantitative estimate of drug-likeness (QED) is 0.741. The number of piperidine rings is 1. The maximum absolute atomic E-state index is 12.8. The molecule has 1 saturated carbocycles. The second-order valence-electron chi connectivity index (χ2n) is 8.24. The molecule has 4 rings (SSSR count). The average Bonchev–Trinajstić information content (AvgIpc) is 3.14. The number of urea groups is 1. The van der Waals surface area contributed by atoms with Gasteiger partial charge in [0.05, 0.1) is 0 Å². The highest BCUT2D eigenvalue weighted by molar-refractivity contribution is 7.98. The van der Waals surface area contributed by atoms with Gasteiger partial charge in [-0.15, -0.1) is 10.2 Å². The second-order valence-corrected chi connectivity index (χ2v) is 9.19. The van der Waals surface area contributed by atoms with Crippen LogP contribution in [0.2, 0.25) is 0 Å². The van der Waals surface area contributed by atoms with Crippen LogP contribution in [0.4, 0.5) is 4.79 Å². The largest absolute Gasteiger partial charge is 0.335 e. The first-order valence-electron chi connectivity index (χ1n) is 10.8. The van der Waals surface area contributed by atoms with Gasteiger partial charge in [0.25, 0.3) is 0 Å². The van der Waals surface area contributed by atoms with Gasteiger partial charge in [-0.2, -0.15) is 0 Å². The summed E-state index contributed by atoms with van der Waals surface area (Å²) in [6, 6.07) is 10.9. The molecule has 29 heavy (non-hydrogen) atoms. The van der Waals surface area contributed by atoms with E-state index in [1.807, 2.05) is 18.0 Å². The molecule has 1 aromatic heterocycles.